The van der Waals surface area contributed by atoms with Gasteiger partial charge in [0.15, 0.2) is 0 Å². The largest absolute Gasteiger partial charge is 0.381 e. The Bertz CT molecular complexity index is 287. The maximum atomic E-state index is 12.6. The number of halogens is 1. The van der Waals surface area contributed by atoms with E-state index in [1.54, 1.807) is 0 Å². The number of ether oxygens (including phenoxy) is 1. The van der Waals surface area contributed by atoms with E-state index in [1.807, 2.05) is 11.9 Å². The standard InChI is InChI=1S/C14H26N2O2.ClH/c1-3-14(7-5-8-15-14)13(17)16(2)10-12-6-4-9-18-11-12;/h12,15H,3-11H2,1-2H3;1H. The topological polar surface area (TPSA) is 41.6 Å². The Kier molecular flexibility index (Phi) is 6.57. The molecule has 1 amide bonds. The first kappa shape index (κ1) is 16.7. The second kappa shape index (κ2) is 7.46. The number of rotatable bonds is 4. The Hall–Kier alpha value is -0.320. The van der Waals surface area contributed by atoms with Crippen molar-refractivity contribution in [1.29, 1.82) is 0 Å². The van der Waals surface area contributed by atoms with Crippen molar-refractivity contribution in [3.63, 3.8) is 0 Å². The van der Waals surface area contributed by atoms with Crippen LogP contribution in [0.4, 0.5) is 0 Å². The quantitative estimate of drug-likeness (QED) is 0.859. The molecule has 2 aliphatic rings. The molecule has 0 aromatic rings. The zero-order chi connectivity index (χ0) is 13.0. The van der Waals surface area contributed by atoms with Gasteiger partial charge in [-0.05, 0) is 44.6 Å². The van der Waals surface area contributed by atoms with Crippen molar-refractivity contribution in [2.24, 2.45) is 5.92 Å². The van der Waals surface area contributed by atoms with E-state index in [0.717, 1.165) is 52.0 Å². The predicted octanol–water partition coefficient (Wildman–Crippen LogP) is 1.83. The highest BCUT2D eigenvalue weighted by molar-refractivity contribution is 5.86. The molecule has 112 valence electrons. The van der Waals surface area contributed by atoms with Gasteiger partial charge in [0.1, 0.15) is 0 Å². The number of nitrogens with one attached hydrogen (secondary N) is 1. The molecule has 19 heavy (non-hydrogen) atoms. The molecule has 0 aromatic carbocycles. The van der Waals surface area contributed by atoms with Gasteiger partial charge in [0, 0.05) is 20.2 Å². The average molecular weight is 291 g/mol. The van der Waals surface area contributed by atoms with Crippen LogP contribution in [0.5, 0.6) is 0 Å². The van der Waals surface area contributed by atoms with E-state index in [-0.39, 0.29) is 23.9 Å². The maximum Gasteiger partial charge on any atom is 0.242 e. The molecule has 0 bridgehead atoms. The van der Waals surface area contributed by atoms with Gasteiger partial charge in [-0.3, -0.25) is 4.79 Å². The van der Waals surface area contributed by atoms with Crippen LogP contribution in [0, 0.1) is 5.92 Å². The summed E-state index contributed by atoms with van der Waals surface area (Å²) >= 11 is 0. The van der Waals surface area contributed by atoms with E-state index in [1.165, 1.54) is 6.42 Å². The molecule has 2 saturated heterocycles. The zero-order valence-corrected chi connectivity index (χ0v) is 12.9. The molecule has 4 nitrogen and oxygen atoms in total. The molecule has 2 rings (SSSR count). The maximum absolute atomic E-state index is 12.6. The van der Waals surface area contributed by atoms with Gasteiger partial charge < -0.3 is 15.0 Å². The third-order valence-electron chi connectivity index (χ3n) is 4.39. The predicted molar refractivity (Wildman–Crippen MR) is 78.7 cm³/mol. The van der Waals surface area contributed by atoms with Crippen molar-refractivity contribution >= 4 is 18.3 Å². The molecule has 2 heterocycles. The van der Waals surface area contributed by atoms with Gasteiger partial charge in [-0.15, -0.1) is 12.4 Å². The summed E-state index contributed by atoms with van der Waals surface area (Å²) in [5.74, 6) is 0.788. The fourth-order valence-corrected chi connectivity index (χ4v) is 3.23. The van der Waals surface area contributed by atoms with Crippen LogP contribution in [0.1, 0.15) is 39.0 Å². The first-order valence-corrected chi connectivity index (χ1v) is 7.26. The van der Waals surface area contributed by atoms with Crippen LogP contribution in [0.15, 0.2) is 0 Å². The highest BCUT2D eigenvalue weighted by atomic mass is 35.5. The van der Waals surface area contributed by atoms with Gasteiger partial charge in [0.05, 0.1) is 12.1 Å². The molecule has 0 aliphatic carbocycles. The van der Waals surface area contributed by atoms with Crippen LogP contribution < -0.4 is 5.32 Å². The summed E-state index contributed by atoms with van der Waals surface area (Å²) in [6.07, 6.45) is 5.29. The van der Waals surface area contributed by atoms with E-state index in [4.69, 9.17) is 4.74 Å². The fraction of sp³-hybridized carbons (Fsp3) is 0.929. The van der Waals surface area contributed by atoms with Crippen molar-refractivity contribution in [2.45, 2.75) is 44.6 Å². The van der Waals surface area contributed by atoms with Crippen LogP contribution in [0.2, 0.25) is 0 Å². The lowest BCUT2D eigenvalue weighted by Crippen LogP contribution is -2.54. The summed E-state index contributed by atoms with van der Waals surface area (Å²) in [4.78, 5) is 14.5. The number of carbonyl (C=O) groups excluding carboxylic acids is 1. The van der Waals surface area contributed by atoms with Crippen LogP contribution in [0.25, 0.3) is 0 Å². The van der Waals surface area contributed by atoms with Crippen molar-refractivity contribution in [2.75, 3.05) is 33.4 Å². The normalized spacial score (nSPS) is 30.7. The van der Waals surface area contributed by atoms with E-state index in [0.29, 0.717) is 5.92 Å². The van der Waals surface area contributed by atoms with E-state index < -0.39 is 0 Å². The Labute approximate surface area is 122 Å². The lowest BCUT2D eigenvalue weighted by Gasteiger charge is -2.34. The molecular formula is C14H27ClN2O2. The van der Waals surface area contributed by atoms with Crippen molar-refractivity contribution in [3.8, 4) is 0 Å². The molecule has 0 spiro atoms. The first-order chi connectivity index (χ1) is 8.68. The van der Waals surface area contributed by atoms with Gasteiger partial charge in [-0.1, -0.05) is 6.92 Å². The minimum Gasteiger partial charge on any atom is -0.381 e. The average Bonchev–Trinajstić information content (AvgIpc) is 2.89. The molecule has 0 radical (unpaired) electrons. The molecule has 2 fully saturated rings. The summed E-state index contributed by atoms with van der Waals surface area (Å²) in [6, 6.07) is 0. The highest BCUT2D eigenvalue weighted by Crippen LogP contribution is 2.26. The fourth-order valence-electron chi connectivity index (χ4n) is 3.23. The lowest BCUT2D eigenvalue weighted by atomic mass is 9.91. The third-order valence-corrected chi connectivity index (χ3v) is 4.39. The SMILES string of the molecule is CCC1(C(=O)N(C)CC2CCCOC2)CCCN1.Cl. The molecule has 2 aliphatic heterocycles. The molecule has 1 N–H and O–H groups in total. The number of carbonyl (C=O) groups is 1. The van der Waals surface area contributed by atoms with Crippen LogP contribution in [-0.4, -0.2) is 49.7 Å². The third kappa shape index (κ3) is 3.83. The van der Waals surface area contributed by atoms with Crippen molar-refractivity contribution < 1.29 is 9.53 Å². The lowest BCUT2D eigenvalue weighted by molar-refractivity contribution is -0.137. The number of likely N-dealkylation sites (N-methyl/N-ethyl adjacent to an activating group) is 1. The second-order valence-electron chi connectivity index (χ2n) is 5.73. The van der Waals surface area contributed by atoms with Gasteiger partial charge >= 0.3 is 0 Å². The van der Waals surface area contributed by atoms with Gasteiger partial charge in [-0.2, -0.15) is 0 Å². The molecule has 0 aromatic heterocycles. The van der Waals surface area contributed by atoms with Crippen LogP contribution in [0.3, 0.4) is 0 Å². The minimum atomic E-state index is -0.287. The molecule has 2 atom stereocenters. The number of hydrogen-bond donors (Lipinski definition) is 1. The van der Waals surface area contributed by atoms with E-state index >= 15 is 0 Å². The van der Waals surface area contributed by atoms with Gasteiger partial charge in [0.25, 0.3) is 0 Å². The monoisotopic (exact) mass is 290 g/mol. The Morgan fingerprint density at radius 2 is 2.26 bits per heavy atom. The van der Waals surface area contributed by atoms with Crippen molar-refractivity contribution in [1.82, 2.24) is 10.2 Å². The molecule has 0 saturated carbocycles. The number of hydrogen-bond acceptors (Lipinski definition) is 3. The van der Waals surface area contributed by atoms with Crippen LogP contribution in [-0.2, 0) is 9.53 Å². The Balaban J connectivity index is 0.00000180. The van der Waals surface area contributed by atoms with Gasteiger partial charge in [-0.25, -0.2) is 0 Å². The molecular weight excluding hydrogens is 264 g/mol. The van der Waals surface area contributed by atoms with Crippen molar-refractivity contribution in [3.05, 3.63) is 0 Å². The van der Waals surface area contributed by atoms with E-state index in [9.17, 15) is 4.79 Å². The molecule has 2 unspecified atom stereocenters. The Morgan fingerprint density at radius 3 is 2.79 bits per heavy atom. The number of amides is 1. The summed E-state index contributed by atoms with van der Waals surface area (Å²) in [5.41, 5.74) is -0.287. The first-order valence-electron chi connectivity index (χ1n) is 7.26. The Morgan fingerprint density at radius 1 is 1.47 bits per heavy atom. The molecule has 5 heteroatoms. The summed E-state index contributed by atoms with van der Waals surface area (Å²) < 4.78 is 5.49. The minimum absolute atomic E-state index is 0. The smallest absolute Gasteiger partial charge is 0.242 e. The van der Waals surface area contributed by atoms with Crippen LogP contribution >= 0.6 is 12.4 Å². The summed E-state index contributed by atoms with van der Waals surface area (Å²) in [6.45, 7) is 5.61. The summed E-state index contributed by atoms with van der Waals surface area (Å²) in [5, 5.41) is 3.42. The highest BCUT2D eigenvalue weighted by Gasteiger charge is 2.41. The summed E-state index contributed by atoms with van der Waals surface area (Å²) in [7, 11) is 1.94. The second-order valence-corrected chi connectivity index (χ2v) is 5.73. The van der Waals surface area contributed by atoms with Gasteiger partial charge in [0.2, 0.25) is 5.91 Å². The number of nitrogens with zero attached hydrogens (tertiary/aromatic N) is 1. The zero-order valence-electron chi connectivity index (χ0n) is 12.1. The van der Waals surface area contributed by atoms with E-state index in [2.05, 4.69) is 12.2 Å².